The highest BCUT2D eigenvalue weighted by Gasteiger charge is 2.23. The van der Waals surface area contributed by atoms with Crippen molar-refractivity contribution in [2.24, 2.45) is 0 Å². The van der Waals surface area contributed by atoms with Crippen molar-refractivity contribution in [1.29, 1.82) is 0 Å². The summed E-state index contributed by atoms with van der Waals surface area (Å²) in [5.41, 5.74) is 2.79. The molecule has 1 amide bonds. The molecule has 7 nitrogen and oxygen atoms in total. The third kappa shape index (κ3) is 4.64. The number of ether oxygens (including phenoxy) is 1. The van der Waals surface area contributed by atoms with Crippen LogP contribution in [0, 0.1) is 0 Å². The summed E-state index contributed by atoms with van der Waals surface area (Å²) in [4.78, 5) is 26.7. The Morgan fingerprint density at radius 3 is 2.29 bits per heavy atom. The van der Waals surface area contributed by atoms with Gasteiger partial charge in [0.25, 0.3) is 0 Å². The lowest BCUT2D eigenvalue weighted by atomic mass is 10.1. The van der Waals surface area contributed by atoms with E-state index in [0.29, 0.717) is 13.1 Å². The molecule has 0 bridgehead atoms. The second-order valence-corrected chi connectivity index (χ2v) is 8.23. The van der Waals surface area contributed by atoms with Gasteiger partial charge in [-0.3, -0.25) is 4.79 Å². The van der Waals surface area contributed by atoms with Crippen LogP contribution in [-0.2, 0) is 11.3 Å². The molecule has 2 aromatic carbocycles. The van der Waals surface area contributed by atoms with E-state index in [1.54, 1.807) is 13.3 Å². The highest BCUT2D eigenvalue weighted by Crippen LogP contribution is 2.26. The van der Waals surface area contributed by atoms with Crippen LogP contribution in [0.5, 0.6) is 5.75 Å². The monoisotopic (exact) mass is 453 g/mol. The number of carbonyl (C=O) groups is 1. The number of aromatic nitrogens is 3. The van der Waals surface area contributed by atoms with Crippen LogP contribution in [0.15, 0.2) is 85.2 Å². The summed E-state index contributed by atoms with van der Waals surface area (Å²) in [5.74, 6) is 2.63. The maximum absolute atomic E-state index is 13.3. The fourth-order valence-electron chi connectivity index (χ4n) is 4.23. The van der Waals surface area contributed by atoms with Crippen molar-refractivity contribution in [2.45, 2.75) is 6.54 Å². The predicted molar refractivity (Wildman–Crippen MR) is 133 cm³/mol. The lowest BCUT2D eigenvalue weighted by Crippen LogP contribution is -2.49. The Hall–Kier alpha value is -4.13. The molecule has 0 N–H and O–H groups in total. The molecule has 0 saturated carbocycles. The first-order chi connectivity index (χ1) is 16.7. The lowest BCUT2D eigenvalue weighted by molar-refractivity contribution is -0.132. The molecule has 0 aliphatic carbocycles. The zero-order valence-corrected chi connectivity index (χ0v) is 19.2. The van der Waals surface area contributed by atoms with E-state index < -0.39 is 0 Å². The van der Waals surface area contributed by atoms with Crippen molar-refractivity contribution in [3.8, 4) is 28.4 Å². The van der Waals surface area contributed by atoms with Gasteiger partial charge in [0.15, 0.2) is 0 Å². The molecular weight excluding hydrogens is 426 g/mol. The van der Waals surface area contributed by atoms with E-state index >= 15 is 0 Å². The van der Waals surface area contributed by atoms with Gasteiger partial charge in [-0.2, -0.15) is 0 Å². The van der Waals surface area contributed by atoms with E-state index in [4.69, 9.17) is 9.72 Å². The van der Waals surface area contributed by atoms with Gasteiger partial charge in [0.2, 0.25) is 5.91 Å². The fraction of sp³-hybridized carbons (Fsp3) is 0.222. The summed E-state index contributed by atoms with van der Waals surface area (Å²) in [6.45, 7) is 3.15. The smallest absolute Gasteiger partial charge is 0.242 e. The molecule has 1 aliphatic rings. The lowest BCUT2D eigenvalue weighted by Gasteiger charge is -2.35. The van der Waals surface area contributed by atoms with Crippen molar-refractivity contribution < 1.29 is 9.53 Å². The van der Waals surface area contributed by atoms with Gasteiger partial charge < -0.3 is 19.1 Å². The van der Waals surface area contributed by atoms with Crippen LogP contribution >= 0.6 is 0 Å². The Morgan fingerprint density at radius 1 is 0.882 bits per heavy atom. The second kappa shape index (κ2) is 9.79. The summed E-state index contributed by atoms with van der Waals surface area (Å²) in [5, 5.41) is 0. The number of nitrogens with zero attached hydrogens (tertiary/aromatic N) is 5. The van der Waals surface area contributed by atoms with Gasteiger partial charge in [-0.15, -0.1) is 0 Å². The summed E-state index contributed by atoms with van der Waals surface area (Å²) >= 11 is 0. The number of piperazine rings is 1. The van der Waals surface area contributed by atoms with Crippen LogP contribution in [-0.4, -0.2) is 58.6 Å². The number of benzene rings is 2. The average Bonchev–Trinajstić information content (AvgIpc) is 3.33. The van der Waals surface area contributed by atoms with Crippen molar-refractivity contribution in [3.63, 3.8) is 0 Å². The van der Waals surface area contributed by atoms with E-state index in [9.17, 15) is 4.79 Å². The third-order valence-electron chi connectivity index (χ3n) is 6.11. The molecule has 2 aromatic heterocycles. The van der Waals surface area contributed by atoms with Crippen molar-refractivity contribution >= 4 is 11.7 Å². The van der Waals surface area contributed by atoms with Crippen molar-refractivity contribution in [2.75, 3.05) is 38.2 Å². The molecule has 1 saturated heterocycles. The van der Waals surface area contributed by atoms with E-state index in [2.05, 4.69) is 9.88 Å². The highest BCUT2D eigenvalue weighted by molar-refractivity contribution is 5.78. The number of methoxy groups -OCH3 is 1. The molecule has 7 heteroatoms. The normalized spacial score (nSPS) is 13.7. The summed E-state index contributed by atoms with van der Waals surface area (Å²) in [6.07, 6.45) is 3.77. The molecule has 0 unspecified atom stereocenters. The maximum Gasteiger partial charge on any atom is 0.242 e. The summed E-state index contributed by atoms with van der Waals surface area (Å²) in [6, 6.07) is 23.7. The van der Waals surface area contributed by atoms with Gasteiger partial charge in [0.05, 0.1) is 12.8 Å². The van der Waals surface area contributed by atoms with Gasteiger partial charge in [-0.1, -0.05) is 36.4 Å². The molecule has 0 spiro atoms. The van der Waals surface area contributed by atoms with E-state index in [1.165, 1.54) is 0 Å². The highest BCUT2D eigenvalue weighted by atomic mass is 16.5. The SMILES string of the molecule is COc1ccc(-c2cn(CC(=O)N3CCN(c4ccccn4)CC3)c(-c3ccccc3)n2)cc1. The number of hydrogen-bond donors (Lipinski definition) is 0. The summed E-state index contributed by atoms with van der Waals surface area (Å²) < 4.78 is 7.24. The Kier molecular flexibility index (Phi) is 6.25. The first kappa shape index (κ1) is 21.7. The number of pyridine rings is 1. The van der Waals surface area contributed by atoms with Crippen LogP contribution in [0.1, 0.15) is 0 Å². The molecule has 1 aliphatic heterocycles. The Bertz CT molecular complexity index is 1230. The van der Waals surface area contributed by atoms with Gasteiger partial charge in [0.1, 0.15) is 23.9 Å². The van der Waals surface area contributed by atoms with Gasteiger partial charge in [0, 0.05) is 49.7 Å². The van der Waals surface area contributed by atoms with Crippen LogP contribution in [0.4, 0.5) is 5.82 Å². The number of carbonyl (C=O) groups excluding carboxylic acids is 1. The number of hydrogen-bond acceptors (Lipinski definition) is 5. The van der Waals surface area contributed by atoms with Crippen LogP contribution in [0.25, 0.3) is 22.6 Å². The van der Waals surface area contributed by atoms with Crippen LogP contribution in [0.2, 0.25) is 0 Å². The molecule has 0 radical (unpaired) electrons. The maximum atomic E-state index is 13.3. The summed E-state index contributed by atoms with van der Waals surface area (Å²) in [7, 11) is 1.65. The minimum Gasteiger partial charge on any atom is -0.497 e. The molecule has 3 heterocycles. The Morgan fingerprint density at radius 2 is 1.62 bits per heavy atom. The number of imidazole rings is 1. The zero-order valence-electron chi connectivity index (χ0n) is 19.2. The number of amides is 1. The van der Waals surface area contributed by atoms with Crippen molar-refractivity contribution in [3.05, 3.63) is 85.2 Å². The third-order valence-corrected chi connectivity index (χ3v) is 6.11. The average molecular weight is 454 g/mol. The first-order valence-corrected chi connectivity index (χ1v) is 11.4. The molecule has 34 heavy (non-hydrogen) atoms. The van der Waals surface area contributed by atoms with E-state index in [1.807, 2.05) is 88.5 Å². The van der Waals surface area contributed by atoms with Crippen molar-refractivity contribution in [1.82, 2.24) is 19.4 Å². The molecule has 172 valence electrons. The Balaban J connectivity index is 1.35. The second-order valence-electron chi connectivity index (χ2n) is 8.23. The van der Waals surface area contributed by atoms with Gasteiger partial charge in [-0.25, -0.2) is 9.97 Å². The van der Waals surface area contributed by atoms with Gasteiger partial charge >= 0.3 is 0 Å². The van der Waals surface area contributed by atoms with Crippen LogP contribution < -0.4 is 9.64 Å². The topological polar surface area (TPSA) is 63.5 Å². The molecule has 4 aromatic rings. The Labute approximate surface area is 199 Å². The fourth-order valence-corrected chi connectivity index (χ4v) is 4.23. The number of rotatable bonds is 6. The molecule has 0 atom stereocenters. The first-order valence-electron chi connectivity index (χ1n) is 11.4. The quantitative estimate of drug-likeness (QED) is 0.442. The molecule has 1 fully saturated rings. The minimum atomic E-state index is 0.0940. The zero-order chi connectivity index (χ0) is 23.3. The van der Waals surface area contributed by atoms with E-state index in [0.717, 1.165) is 47.3 Å². The molecule has 5 rings (SSSR count). The minimum absolute atomic E-state index is 0.0940. The largest absolute Gasteiger partial charge is 0.497 e. The van der Waals surface area contributed by atoms with Gasteiger partial charge in [-0.05, 0) is 36.4 Å². The van der Waals surface area contributed by atoms with E-state index in [-0.39, 0.29) is 12.5 Å². The number of anilines is 1. The standard InChI is InChI=1S/C27H27N5O2/c1-34-23-12-10-21(11-13-23)24-19-32(27(29-24)22-7-3-2-4-8-22)20-26(33)31-17-15-30(16-18-31)25-9-5-6-14-28-25/h2-14,19H,15-18,20H2,1H3. The van der Waals surface area contributed by atoms with Crippen LogP contribution in [0.3, 0.4) is 0 Å². The predicted octanol–water partition coefficient (Wildman–Crippen LogP) is 3.97. The molecular formula is C27H27N5O2.